The predicted molar refractivity (Wildman–Crippen MR) is 85.6 cm³/mol. The van der Waals surface area contributed by atoms with Crippen LogP contribution in [0.2, 0.25) is 0 Å². The molecule has 0 bridgehead atoms. The average Bonchev–Trinajstić information content (AvgIpc) is 2.94. The topological polar surface area (TPSA) is 46.3 Å². The minimum absolute atomic E-state index is 0.254. The van der Waals surface area contributed by atoms with Crippen molar-refractivity contribution in [3.05, 3.63) is 10.9 Å². The zero-order chi connectivity index (χ0) is 14.5. The first-order valence-electron chi connectivity index (χ1n) is 7.54. The third-order valence-corrected chi connectivity index (χ3v) is 5.87. The van der Waals surface area contributed by atoms with Crippen LogP contribution in [0.1, 0.15) is 49.7 Å². The molecule has 3 rings (SSSR count). The third-order valence-electron chi connectivity index (χ3n) is 4.64. The highest BCUT2D eigenvalue weighted by Gasteiger charge is 2.35. The van der Waals surface area contributed by atoms with E-state index in [-0.39, 0.29) is 11.7 Å². The molecule has 1 aromatic heterocycles. The van der Waals surface area contributed by atoms with Crippen molar-refractivity contribution in [3.8, 4) is 0 Å². The summed E-state index contributed by atoms with van der Waals surface area (Å²) in [5.74, 6) is 1.24. The fourth-order valence-corrected chi connectivity index (χ4v) is 4.07. The van der Waals surface area contributed by atoms with Gasteiger partial charge in [0.2, 0.25) is 0 Å². The minimum Gasteiger partial charge on any atom is -0.397 e. The van der Waals surface area contributed by atoms with Crippen LogP contribution in [0.15, 0.2) is 6.07 Å². The van der Waals surface area contributed by atoms with E-state index in [2.05, 4.69) is 25.7 Å². The van der Waals surface area contributed by atoms with Gasteiger partial charge in [-0.1, -0.05) is 20.8 Å². The monoisotopic (exact) mass is 292 g/mol. The van der Waals surface area contributed by atoms with Crippen molar-refractivity contribution in [2.45, 2.75) is 40.0 Å². The lowest BCUT2D eigenvalue weighted by molar-refractivity contribution is 0.0972. The van der Waals surface area contributed by atoms with E-state index in [1.54, 1.807) is 11.3 Å². The van der Waals surface area contributed by atoms with E-state index >= 15 is 0 Å². The van der Waals surface area contributed by atoms with Gasteiger partial charge in [0.05, 0.1) is 15.6 Å². The van der Waals surface area contributed by atoms with Crippen molar-refractivity contribution in [1.82, 2.24) is 0 Å². The molecule has 110 valence electrons. The second-order valence-corrected chi connectivity index (χ2v) is 8.34. The zero-order valence-corrected chi connectivity index (χ0v) is 13.4. The molecule has 2 heterocycles. The molecule has 2 fully saturated rings. The Morgan fingerprint density at radius 3 is 2.60 bits per heavy atom. The lowest BCUT2D eigenvalue weighted by atomic mass is 9.80. The van der Waals surface area contributed by atoms with Crippen molar-refractivity contribution < 1.29 is 4.79 Å². The van der Waals surface area contributed by atoms with E-state index in [9.17, 15) is 4.79 Å². The van der Waals surface area contributed by atoms with Crippen molar-refractivity contribution in [2.24, 2.45) is 17.3 Å². The van der Waals surface area contributed by atoms with Crippen LogP contribution >= 0.6 is 11.3 Å². The molecule has 0 radical (unpaired) electrons. The van der Waals surface area contributed by atoms with Crippen LogP contribution in [0.4, 0.5) is 10.7 Å². The van der Waals surface area contributed by atoms with Gasteiger partial charge in [-0.05, 0) is 36.7 Å². The van der Waals surface area contributed by atoms with Crippen LogP contribution in [0.5, 0.6) is 0 Å². The van der Waals surface area contributed by atoms with E-state index in [1.807, 2.05) is 6.07 Å². The van der Waals surface area contributed by atoms with Gasteiger partial charge in [-0.2, -0.15) is 0 Å². The predicted octanol–water partition coefficient (Wildman–Crippen LogP) is 3.80. The summed E-state index contributed by atoms with van der Waals surface area (Å²) in [5.41, 5.74) is 7.09. The van der Waals surface area contributed by atoms with Gasteiger partial charge in [-0.25, -0.2) is 0 Å². The van der Waals surface area contributed by atoms with Gasteiger partial charge >= 0.3 is 0 Å². The average molecular weight is 292 g/mol. The molecular weight excluding hydrogens is 268 g/mol. The molecule has 1 aliphatic heterocycles. The van der Waals surface area contributed by atoms with E-state index < -0.39 is 0 Å². The van der Waals surface area contributed by atoms with Gasteiger partial charge in [-0.15, -0.1) is 11.3 Å². The molecule has 0 amide bonds. The molecule has 0 aromatic carbocycles. The largest absolute Gasteiger partial charge is 0.397 e. The van der Waals surface area contributed by atoms with E-state index in [4.69, 9.17) is 5.73 Å². The number of ketones is 1. The van der Waals surface area contributed by atoms with Crippen LogP contribution in [-0.2, 0) is 0 Å². The Balaban J connectivity index is 1.75. The molecular formula is C16H24N2OS. The number of thiophene rings is 1. The standard InChI is InChI=1S/C16H24N2OS/c1-16(2,3)11-6-7-18(9-11)13-8-12(17)15(20-13)14(19)10-4-5-10/h8,10-11H,4-7,9,17H2,1-3H3. The number of anilines is 2. The van der Waals surface area contributed by atoms with Crippen molar-refractivity contribution in [3.63, 3.8) is 0 Å². The molecule has 2 aliphatic rings. The SMILES string of the molecule is CC(C)(C)C1CCN(c2cc(N)c(C(=O)C3CC3)s2)C1. The lowest BCUT2D eigenvalue weighted by Crippen LogP contribution is -2.25. The minimum atomic E-state index is 0.254. The maximum atomic E-state index is 12.2. The van der Waals surface area contributed by atoms with Crippen molar-refractivity contribution in [1.29, 1.82) is 0 Å². The van der Waals surface area contributed by atoms with E-state index in [0.717, 1.165) is 30.8 Å². The molecule has 20 heavy (non-hydrogen) atoms. The van der Waals surface area contributed by atoms with Gasteiger partial charge < -0.3 is 10.6 Å². The van der Waals surface area contributed by atoms with Gasteiger partial charge in [0, 0.05) is 19.0 Å². The van der Waals surface area contributed by atoms with Crippen molar-refractivity contribution in [2.75, 3.05) is 23.7 Å². The lowest BCUT2D eigenvalue weighted by Gasteiger charge is -2.27. The Bertz CT molecular complexity index is 525. The van der Waals surface area contributed by atoms with E-state index in [0.29, 0.717) is 17.0 Å². The Kier molecular flexibility index (Phi) is 3.32. The molecule has 3 nitrogen and oxygen atoms in total. The maximum absolute atomic E-state index is 12.2. The normalized spacial score (nSPS) is 23.4. The summed E-state index contributed by atoms with van der Waals surface area (Å²) in [5, 5.41) is 1.18. The van der Waals surface area contributed by atoms with Gasteiger partial charge in [-0.3, -0.25) is 4.79 Å². The third kappa shape index (κ3) is 2.58. The number of nitrogen functional groups attached to an aromatic ring is 1. The molecule has 0 spiro atoms. The highest BCUT2D eigenvalue weighted by atomic mass is 32.1. The molecule has 1 atom stereocenters. The number of hydrogen-bond donors (Lipinski definition) is 1. The van der Waals surface area contributed by atoms with Crippen molar-refractivity contribution >= 4 is 27.8 Å². The fourth-order valence-electron chi connectivity index (χ4n) is 2.94. The highest BCUT2D eigenvalue weighted by molar-refractivity contribution is 7.18. The van der Waals surface area contributed by atoms with Crippen LogP contribution in [0.3, 0.4) is 0 Å². The summed E-state index contributed by atoms with van der Waals surface area (Å²) in [7, 11) is 0. The van der Waals surface area contributed by atoms with Gasteiger partial charge in [0.25, 0.3) is 0 Å². The first-order valence-corrected chi connectivity index (χ1v) is 8.36. The first-order chi connectivity index (χ1) is 9.36. The Hall–Kier alpha value is -1.03. The summed E-state index contributed by atoms with van der Waals surface area (Å²) >= 11 is 1.60. The summed E-state index contributed by atoms with van der Waals surface area (Å²) in [6.07, 6.45) is 3.32. The maximum Gasteiger partial charge on any atom is 0.178 e. The Morgan fingerprint density at radius 1 is 1.35 bits per heavy atom. The number of nitrogens with two attached hydrogens (primary N) is 1. The Labute approximate surface area is 125 Å². The van der Waals surface area contributed by atoms with E-state index in [1.165, 1.54) is 11.4 Å². The first kappa shape index (κ1) is 13.9. The van der Waals surface area contributed by atoms with Crippen LogP contribution in [0, 0.1) is 17.3 Å². The van der Waals surface area contributed by atoms with Crippen LogP contribution < -0.4 is 10.6 Å². The second kappa shape index (κ2) is 4.76. The molecule has 2 N–H and O–H groups in total. The quantitative estimate of drug-likeness (QED) is 0.862. The molecule has 4 heteroatoms. The highest BCUT2D eigenvalue weighted by Crippen LogP contribution is 2.42. The zero-order valence-electron chi connectivity index (χ0n) is 12.6. The molecule has 1 saturated heterocycles. The number of rotatable bonds is 3. The summed E-state index contributed by atoms with van der Waals surface area (Å²) in [6, 6.07) is 2.01. The fraction of sp³-hybridized carbons (Fsp3) is 0.688. The summed E-state index contributed by atoms with van der Waals surface area (Å²) < 4.78 is 0. The molecule has 1 unspecified atom stereocenters. The molecule has 1 aromatic rings. The smallest absolute Gasteiger partial charge is 0.178 e. The Morgan fingerprint density at radius 2 is 2.05 bits per heavy atom. The van der Waals surface area contributed by atoms with Gasteiger partial charge in [0.1, 0.15) is 0 Å². The number of nitrogens with zero attached hydrogens (tertiary/aromatic N) is 1. The number of carbonyl (C=O) groups excluding carboxylic acids is 1. The van der Waals surface area contributed by atoms with Crippen LogP contribution in [-0.4, -0.2) is 18.9 Å². The molecule has 1 saturated carbocycles. The summed E-state index contributed by atoms with van der Waals surface area (Å²) in [6.45, 7) is 9.10. The van der Waals surface area contributed by atoms with Gasteiger partial charge in [0.15, 0.2) is 5.78 Å². The number of hydrogen-bond acceptors (Lipinski definition) is 4. The molecule has 1 aliphatic carbocycles. The number of carbonyl (C=O) groups is 1. The summed E-state index contributed by atoms with van der Waals surface area (Å²) in [4.78, 5) is 15.4. The second-order valence-electron chi connectivity index (χ2n) is 7.31. The number of Topliss-reactive ketones (excluding diaryl/α,β-unsaturated/α-hetero) is 1. The van der Waals surface area contributed by atoms with Crippen LogP contribution in [0.25, 0.3) is 0 Å².